The lowest BCUT2D eigenvalue weighted by Gasteiger charge is -2.38. The van der Waals surface area contributed by atoms with E-state index in [-0.39, 0.29) is 17.6 Å². The molecule has 0 saturated heterocycles. The number of aliphatic carboxylic acids is 1. The van der Waals surface area contributed by atoms with Crippen LogP contribution in [0.4, 0.5) is 5.69 Å². The second-order valence-electron chi connectivity index (χ2n) is 4.65. The topological polar surface area (TPSA) is 72.4 Å². The molecule has 0 amide bonds. The zero-order chi connectivity index (χ0) is 12.9. The molecule has 3 rings (SSSR count). The Kier molecular flexibility index (Phi) is 2.59. The number of carbonyl (C=O) groups is 1. The van der Waals surface area contributed by atoms with Crippen molar-refractivity contribution in [2.45, 2.75) is 18.4 Å². The number of carbonyl (C=O) groups excluding carboxylic acids is 1. The average molecular weight is 309 g/mol. The first-order chi connectivity index (χ1) is 8.59. The van der Waals surface area contributed by atoms with Crippen molar-refractivity contribution in [2.24, 2.45) is 5.92 Å². The number of aromatic hydroxyl groups is 1. The van der Waals surface area contributed by atoms with Crippen molar-refractivity contribution in [3.05, 3.63) is 34.3 Å². The minimum absolute atomic E-state index is 0.00521. The zero-order valence-electron chi connectivity index (χ0n) is 9.39. The monoisotopic (exact) mass is 308 g/mol. The first-order valence-electron chi connectivity index (χ1n) is 5.75. The highest BCUT2D eigenvalue weighted by molar-refractivity contribution is 9.10. The molecule has 5 heteroatoms. The molecule has 2 aliphatic rings. The SMILES string of the molecule is O=C([O-])C1Nc2c(O)ccc(Br)c2C2C=CCC12. The van der Waals surface area contributed by atoms with Crippen molar-refractivity contribution >= 4 is 27.6 Å². The third-order valence-corrected chi connectivity index (χ3v) is 4.39. The van der Waals surface area contributed by atoms with Gasteiger partial charge in [-0.3, -0.25) is 0 Å². The molecule has 18 heavy (non-hydrogen) atoms. The molecular weight excluding hydrogens is 298 g/mol. The van der Waals surface area contributed by atoms with Crippen LogP contribution in [0.3, 0.4) is 0 Å². The van der Waals surface area contributed by atoms with Crippen LogP contribution in [0.2, 0.25) is 0 Å². The number of allylic oxidation sites excluding steroid dienone is 2. The highest BCUT2D eigenvalue weighted by Gasteiger charge is 2.39. The molecule has 3 atom stereocenters. The summed E-state index contributed by atoms with van der Waals surface area (Å²) in [7, 11) is 0. The number of carboxylic acids is 1. The average Bonchev–Trinajstić information content (AvgIpc) is 2.81. The van der Waals surface area contributed by atoms with Crippen molar-refractivity contribution in [3.8, 4) is 5.75 Å². The third kappa shape index (κ3) is 1.54. The summed E-state index contributed by atoms with van der Waals surface area (Å²) in [6.45, 7) is 0. The number of halogens is 1. The predicted molar refractivity (Wildman–Crippen MR) is 68.2 cm³/mol. The lowest BCUT2D eigenvalue weighted by Crippen LogP contribution is -2.48. The van der Waals surface area contributed by atoms with Crippen LogP contribution in [0.25, 0.3) is 0 Å². The summed E-state index contributed by atoms with van der Waals surface area (Å²) in [5.41, 5.74) is 1.41. The van der Waals surface area contributed by atoms with Crippen LogP contribution in [-0.2, 0) is 4.79 Å². The van der Waals surface area contributed by atoms with Gasteiger partial charge in [0, 0.05) is 16.0 Å². The molecule has 1 aromatic rings. The number of anilines is 1. The first-order valence-corrected chi connectivity index (χ1v) is 6.54. The Morgan fingerprint density at radius 2 is 2.28 bits per heavy atom. The number of phenols is 1. The summed E-state index contributed by atoms with van der Waals surface area (Å²) in [6, 6.07) is 2.55. The highest BCUT2D eigenvalue weighted by atomic mass is 79.9. The van der Waals surface area contributed by atoms with Gasteiger partial charge in [0.1, 0.15) is 5.75 Å². The fourth-order valence-corrected chi connectivity index (χ4v) is 3.48. The molecule has 0 aromatic heterocycles. The third-order valence-electron chi connectivity index (χ3n) is 3.70. The molecule has 0 radical (unpaired) electrons. The maximum absolute atomic E-state index is 11.2. The molecule has 4 nitrogen and oxygen atoms in total. The standard InChI is InChI=1S/C13H12BrNO3/c14-8-4-5-9(16)12-10(8)6-2-1-3-7(6)11(15-12)13(17)18/h1-2,4-7,11,15-16H,3H2,(H,17,18)/p-1. The van der Waals surface area contributed by atoms with Crippen molar-refractivity contribution < 1.29 is 15.0 Å². The van der Waals surface area contributed by atoms with Gasteiger partial charge >= 0.3 is 0 Å². The number of carboxylic acid groups (broad SMARTS) is 1. The van der Waals surface area contributed by atoms with Crippen LogP contribution in [0, 0.1) is 5.92 Å². The first kappa shape index (κ1) is 11.6. The highest BCUT2D eigenvalue weighted by Crippen LogP contribution is 2.49. The summed E-state index contributed by atoms with van der Waals surface area (Å²) in [5, 5.41) is 24.0. The number of phenolic OH excluding ortho intramolecular Hbond substituents is 1. The Morgan fingerprint density at radius 1 is 1.50 bits per heavy atom. The lowest BCUT2D eigenvalue weighted by molar-refractivity contribution is -0.308. The molecule has 0 saturated carbocycles. The van der Waals surface area contributed by atoms with Crippen LogP contribution >= 0.6 is 15.9 Å². The molecule has 3 unspecified atom stereocenters. The molecule has 1 heterocycles. The van der Waals surface area contributed by atoms with Crippen molar-refractivity contribution in [1.29, 1.82) is 0 Å². The van der Waals surface area contributed by atoms with Crippen molar-refractivity contribution in [2.75, 3.05) is 5.32 Å². The summed E-state index contributed by atoms with van der Waals surface area (Å²) in [6.07, 6.45) is 4.70. The zero-order valence-corrected chi connectivity index (χ0v) is 11.0. The molecule has 94 valence electrons. The Labute approximate surface area is 112 Å². The largest absolute Gasteiger partial charge is 0.548 e. The molecular formula is C13H11BrNO3-. The fourth-order valence-electron chi connectivity index (χ4n) is 2.88. The Bertz CT molecular complexity index is 555. The second kappa shape index (κ2) is 4.02. The van der Waals surface area contributed by atoms with Gasteiger partial charge in [0.25, 0.3) is 0 Å². The van der Waals surface area contributed by atoms with E-state index in [2.05, 4.69) is 21.2 Å². The number of benzene rings is 1. The Morgan fingerprint density at radius 3 is 3.00 bits per heavy atom. The van der Waals surface area contributed by atoms with E-state index in [1.54, 1.807) is 12.1 Å². The van der Waals surface area contributed by atoms with E-state index >= 15 is 0 Å². The molecule has 2 N–H and O–H groups in total. The number of fused-ring (bicyclic) bond motifs is 3. The van der Waals surface area contributed by atoms with Crippen molar-refractivity contribution in [1.82, 2.24) is 0 Å². The maximum atomic E-state index is 11.2. The van der Waals surface area contributed by atoms with E-state index < -0.39 is 12.0 Å². The van der Waals surface area contributed by atoms with E-state index in [1.807, 2.05) is 12.2 Å². The lowest BCUT2D eigenvalue weighted by atomic mass is 9.79. The van der Waals surface area contributed by atoms with E-state index in [1.165, 1.54) is 0 Å². The van der Waals surface area contributed by atoms with Crippen LogP contribution < -0.4 is 10.4 Å². The summed E-state index contributed by atoms with van der Waals surface area (Å²) >= 11 is 3.46. The van der Waals surface area contributed by atoms with Gasteiger partial charge in [-0.15, -0.1) is 0 Å². The smallest absolute Gasteiger partial charge is 0.139 e. The number of hydrogen-bond acceptors (Lipinski definition) is 4. The van der Waals surface area contributed by atoms with Gasteiger partial charge in [-0.2, -0.15) is 0 Å². The van der Waals surface area contributed by atoms with Gasteiger partial charge < -0.3 is 20.3 Å². The molecule has 0 fully saturated rings. The van der Waals surface area contributed by atoms with Crippen molar-refractivity contribution in [3.63, 3.8) is 0 Å². The molecule has 0 spiro atoms. The number of rotatable bonds is 1. The molecule has 1 aliphatic heterocycles. The van der Waals surface area contributed by atoms with Crippen LogP contribution in [0.1, 0.15) is 17.9 Å². The summed E-state index contributed by atoms with van der Waals surface area (Å²) < 4.78 is 0.876. The van der Waals surface area contributed by atoms with E-state index in [0.717, 1.165) is 10.0 Å². The Balaban J connectivity index is 2.17. The van der Waals surface area contributed by atoms with E-state index in [0.29, 0.717) is 12.1 Å². The van der Waals surface area contributed by atoms with E-state index in [9.17, 15) is 15.0 Å². The normalized spacial score (nSPS) is 28.4. The number of nitrogens with one attached hydrogen (secondary N) is 1. The predicted octanol–water partition coefficient (Wildman–Crippen LogP) is 1.36. The maximum Gasteiger partial charge on any atom is 0.139 e. The van der Waals surface area contributed by atoms with Crippen LogP contribution in [0.5, 0.6) is 5.75 Å². The molecule has 0 bridgehead atoms. The van der Waals surface area contributed by atoms with Gasteiger partial charge in [0.15, 0.2) is 0 Å². The van der Waals surface area contributed by atoms with Gasteiger partial charge in [-0.05, 0) is 24.5 Å². The summed E-state index contributed by atoms with van der Waals surface area (Å²) in [5.74, 6) is -1.11. The van der Waals surface area contributed by atoms with Crippen LogP contribution in [-0.4, -0.2) is 17.1 Å². The fraction of sp³-hybridized carbons (Fsp3) is 0.308. The quantitative estimate of drug-likeness (QED) is 0.607. The Hall–Kier alpha value is -1.49. The minimum atomic E-state index is -1.13. The van der Waals surface area contributed by atoms with Gasteiger partial charge in [0.05, 0.1) is 17.7 Å². The molecule has 1 aromatic carbocycles. The number of hydrogen-bond donors (Lipinski definition) is 2. The van der Waals surface area contributed by atoms with Gasteiger partial charge in [-0.1, -0.05) is 28.1 Å². The van der Waals surface area contributed by atoms with Gasteiger partial charge in [0.2, 0.25) is 0 Å². The summed E-state index contributed by atoms with van der Waals surface area (Å²) in [4.78, 5) is 11.2. The van der Waals surface area contributed by atoms with E-state index in [4.69, 9.17) is 0 Å². The second-order valence-corrected chi connectivity index (χ2v) is 5.50. The molecule has 1 aliphatic carbocycles. The van der Waals surface area contributed by atoms with Crippen LogP contribution in [0.15, 0.2) is 28.8 Å². The van der Waals surface area contributed by atoms with Gasteiger partial charge in [-0.25, -0.2) is 0 Å². The minimum Gasteiger partial charge on any atom is -0.548 e.